The van der Waals surface area contributed by atoms with E-state index in [-0.39, 0.29) is 0 Å². The summed E-state index contributed by atoms with van der Waals surface area (Å²) in [5, 5.41) is 8.07. The maximum atomic E-state index is 11.8. The molecule has 0 aliphatic rings. The molecule has 1 heterocycles. The topological polar surface area (TPSA) is 63.6 Å². The van der Waals surface area contributed by atoms with Crippen molar-refractivity contribution in [3.05, 3.63) is 70.2 Å². The predicted molar refractivity (Wildman–Crippen MR) is 106 cm³/mol. The van der Waals surface area contributed by atoms with Gasteiger partial charge in [0, 0.05) is 16.3 Å². The van der Waals surface area contributed by atoms with Crippen molar-refractivity contribution in [1.29, 1.82) is 0 Å². The monoisotopic (exact) mass is 385 g/mol. The molecule has 0 unspecified atom stereocenters. The number of hydrogen-bond acceptors (Lipinski definition) is 5. The van der Waals surface area contributed by atoms with Crippen LogP contribution >= 0.6 is 22.9 Å². The van der Waals surface area contributed by atoms with E-state index in [9.17, 15) is 4.79 Å². The Morgan fingerprint density at radius 2 is 1.85 bits per heavy atom. The number of anilines is 1. The number of hydrogen-bond donors (Lipinski definition) is 1. The molecule has 26 heavy (non-hydrogen) atoms. The molecule has 2 aromatic carbocycles. The van der Waals surface area contributed by atoms with Crippen LogP contribution in [0.3, 0.4) is 0 Å². The number of nitrogens with one attached hydrogen (secondary N) is 1. The number of oxime groups is 1. The molecule has 5 nitrogen and oxygen atoms in total. The largest absolute Gasteiger partial charge is 0.437 e. The van der Waals surface area contributed by atoms with Crippen molar-refractivity contribution < 1.29 is 9.63 Å². The summed E-state index contributed by atoms with van der Waals surface area (Å²) in [7, 11) is 0. The Morgan fingerprint density at radius 3 is 2.54 bits per heavy atom. The summed E-state index contributed by atoms with van der Waals surface area (Å²) in [6, 6.07) is 16.5. The van der Waals surface area contributed by atoms with Crippen LogP contribution in [-0.2, 0) is 4.84 Å². The molecule has 0 atom stereocenters. The Morgan fingerprint density at radius 1 is 1.15 bits per heavy atom. The van der Waals surface area contributed by atoms with Crippen LogP contribution < -0.4 is 5.32 Å². The fraction of sp³-hybridized carbons (Fsp3) is 0.105. The van der Waals surface area contributed by atoms with E-state index >= 15 is 0 Å². The van der Waals surface area contributed by atoms with Crippen molar-refractivity contribution >= 4 is 40.4 Å². The van der Waals surface area contributed by atoms with Gasteiger partial charge in [-0.15, -0.1) is 11.3 Å². The molecule has 0 aliphatic carbocycles. The van der Waals surface area contributed by atoms with Gasteiger partial charge in [-0.3, -0.25) is 10.2 Å². The molecule has 1 aromatic heterocycles. The Bertz CT molecular complexity index is 937. The van der Waals surface area contributed by atoms with Gasteiger partial charge >= 0.3 is 6.09 Å². The summed E-state index contributed by atoms with van der Waals surface area (Å²) < 4.78 is 0. The lowest BCUT2D eigenvalue weighted by atomic mass is 10.2. The first-order valence-corrected chi connectivity index (χ1v) is 9.04. The molecule has 0 bridgehead atoms. The van der Waals surface area contributed by atoms with Crippen LogP contribution in [0.25, 0.3) is 10.6 Å². The highest BCUT2D eigenvalue weighted by atomic mass is 35.5. The van der Waals surface area contributed by atoms with E-state index in [0.717, 1.165) is 21.1 Å². The SMILES string of the molecule is CC(=NOC(=O)Nc1ccccc1)c1sc(-c2ccc(Cl)cc2)nc1C. The van der Waals surface area contributed by atoms with E-state index in [2.05, 4.69) is 15.5 Å². The third-order valence-electron chi connectivity index (χ3n) is 3.50. The van der Waals surface area contributed by atoms with Crippen molar-refractivity contribution in [1.82, 2.24) is 4.98 Å². The standard InChI is InChI=1S/C19H16ClN3O2S/c1-12-17(26-18(21-12)14-8-10-15(20)11-9-14)13(2)23-25-19(24)22-16-6-4-3-5-7-16/h3-11H,1-2H3,(H,22,24). The number of halogens is 1. The van der Waals surface area contributed by atoms with Crippen LogP contribution in [0.4, 0.5) is 10.5 Å². The second-order valence-electron chi connectivity index (χ2n) is 5.49. The van der Waals surface area contributed by atoms with Gasteiger partial charge in [0.15, 0.2) is 0 Å². The highest BCUT2D eigenvalue weighted by Gasteiger charge is 2.13. The van der Waals surface area contributed by atoms with Crippen LogP contribution in [0.1, 0.15) is 17.5 Å². The summed E-state index contributed by atoms with van der Waals surface area (Å²) in [5.74, 6) is 0. The lowest BCUT2D eigenvalue weighted by Crippen LogP contribution is -2.11. The van der Waals surface area contributed by atoms with E-state index in [1.807, 2.05) is 49.4 Å². The highest BCUT2D eigenvalue weighted by Crippen LogP contribution is 2.29. The summed E-state index contributed by atoms with van der Waals surface area (Å²) in [6.07, 6.45) is -0.643. The molecule has 132 valence electrons. The average Bonchev–Trinajstić information content (AvgIpc) is 3.03. The van der Waals surface area contributed by atoms with E-state index in [1.54, 1.807) is 19.1 Å². The number of carbonyl (C=O) groups is 1. The highest BCUT2D eigenvalue weighted by molar-refractivity contribution is 7.17. The molecule has 1 amide bonds. The van der Waals surface area contributed by atoms with Crippen LogP contribution in [-0.4, -0.2) is 16.8 Å². The molecule has 0 saturated carbocycles. The third kappa shape index (κ3) is 4.47. The molecule has 0 radical (unpaired) electrons. The number of thiazole rings is 1. The van der Waals surface area contributed by atoms with Gasteiger partial charge in [0.1, 0.15) is 5.01 Å². The first-order valence-electron chi connectivity index (χ1n) is 7.84. The Labute approximate surface area is 160 Å². The van der Waals surface area contributed by atoms with Crippen LogP contribution in [0, 0.1) is 6.92 Å². The normalized spacial score (nSPS) is 11.3. The number of amides is 1. The summed E-state index contributed by atoms with van der Waals surface area (Å²) in [6.45, 7) is 3.68. The zero-order valence-electron chi connectivity index (χ0n) is 14.2. The third-order valence-corrected chi connectivity index (χ3v) is 5.07. The number of nitrogens with zero attached hydrogens (tertiary/aromatic N) is 2. The molecular weight excluding hydrogens is 370 g/mol. The van der Waals surface area contributed by atoms with E-state index in [4.69, 9.17) is 16.4 Å². The van der Waals surface area contributed by atoms with Gasteiger partial charge in [0.25, 0.3) is 0 Å². The smallest absolute Gasteiger partial charge is 0.297 e. The Balaban J connectivity index is 1.71. The second-order valence-corrected chi connectivity index (χ2v) is 6.92. The molecule has 0 fully saturated rings. The molecule has 1 N–H and O–H groups in total. The number of benzene rings is 2. The van der Waals surface area contributed by atoms with Crippen LogP contribution in [0.5, 0.6) is 0 Å². The first-order chi connectivity index (χ1) is 12.5. The van der Waals surface area contributed by atoms with Crippen LogP contribution in [0.2, 0.25) is 5.02 Å². The molecule has 0 saturated heterocycles. The number of aromatic nitrogens is 1. The van der Waals surface area contributed by atoms with E-state index in [0.29, 0.717) is 16.4 Å². The van der Waals surface area contributed by atoms with Crippen molar-refractivity contribution in [2.45, 2.75) is 13.8 Å². The van der Waals surface area contributed by atoms with Crippen molar-refractivity contribution in [3.63, 3.8) is 0 Å². The van der Waals surface area contributed by atoms with Crippen molar-refractivity contribution in [3.8, 4) is 10.6 Å². The first kappa shape index (κ1) is 18.1. The average molecular weight is 386 g/mol. The zero-order chi connectivity index (χ0) is 18.5. The van der Waals surface area contributed by atoms with Gasteiger partial charge in [-0.2, -0.15) is 0 Å². The minimum atomic E-state index is -0.643. The molecular formula is C19H16ClN3O2S. The summed E-state index contributed by atoms with van der Waals surface area (Å²) in [5.41, 5.74) is 3.03. The molecule has 7 heteroatoms. The minimum Gasteiger partial charge on any atom is -0.297 e. The number of aryl methyl sites for hydroxylation is 1. The summed E-state index contributed by atoms with van der Waals surface area (Å²) >= 11 is 7.41. The van der Waals surface area contributed by atoms with Gasteiger partial charge in [-0.05, 0) is 38.1 Å². The second kappa shape index (κ2) is 8.12. The fourth-order valence-corrected chi connectivity index (χ4v) is 3.40. The van der Waals surface area contributed by atoms with Crippen molar-refractivity contribution in [2.24, 2.45) is 5.16 Å². The predicted octanol–water partition coefficient (Wildman–Crippen LogP) is 5.74. The molecule has 3 aromatic rings. The molecule has 0 spiro atoms. The van der Waals surface area contributed by atoms with Gasteiger partial charge in [-0.1, -0.05) is 47.1 Å². The van der Waals surface area contributed by atoms with Gasteiger partial charge in [0.05, 0.1) is 16.3 Å². The van der Waals surface area contributed by atoms with Gasteiger partial charge < -0.3 is 0 Å². The van der Waals surface area contributed by atoms with E-state index < -0.39 is 6.09 Å². The fourth-order valence-electron chi connectivity index (χ4n) is 2.26. The lowest BCUT2D eigenvalue weighted by Gasteiger charge is -2.02. The lowest BCUT2D eigenvalue weighted by molar-refractivity contribution is 0.166. The Kier molecular flexibility index (Phi) is 5.65. The molecule has 3 rings (SSSR count). The minimum absolute atomic E-state index is 0.587. The Hall–Kier alpha value is -2.70. The number of para-hydroxylation sites is 1. The van der Waals surface area contributed by atoms with Gasteiger partial charge in [-0.25, -0.2) is 9.78 Å². The molecule has 0 aliphatic heterocycles. The van der Waals surface area contributed by atoms with Gasteiger partial charge in [0.2, 0.25) is 0 Å². The maximum absolute atomic E-state index is 11.8. The van der Waals surface area contributed by atoms with Crippen molar-refractivity contribution in [2.75, 3.05) is 5.32 Å². The van der Waals surface area contributed by atoms with Crippen LogP contribution in [0.15, 0.2) is 59.8 Å². The van der Waals surface area contributed by atoms with E-state index in [1.165, 1.54) is 11.3 Å². The quantitative estimate of drug-likeness (QED) is 0.353. The number of carbonyl (C=O) groups excluding carboxylic acids is 1. The number of rotatable bonds is 4. The maximum Gasteiger partial charge on any atom is 0.437 e. The zero-order valence-corrected chi connectivity index (χ0v) is 15.8. The summed E-state index contributed by atoms with van der Waals surface area (Å²) in [4.78, 5) is 22.2.